The molecule has 1 heterocycles. The number of guanidine groups is 1. The first-order valence-electron chi connectivity index (χ1n) is 11.6. The van der Waals surface area contributed by atoms with Crippen molar-refractivity contribution >= 4 is 11.9 Å². The van der Waals surface area contributed by atoms with Gasteiger partial charge in [0, 0.05) is 45.3 Å². The number of rotatable bonds is 12. The van der Waals surface area contributed by atoms with E-state index in [1.807, 2.05) is 24.3 Å². The highest BCUT2D eigenvalue weighted by Gasteiger charge is 2.23. The van der Waals surface area contributed by atoms with Crippen LogP contribution in [0.4, 0.5) is 0 Å². The van der Waals surface area contributed by atoms with Crippen LogP contribution in [0.15, 0.2) is 29.3 Å². The van der Waals surface area contributed by atoms with Crippen LogP contribution in [0.2, 0.25) is 0 Å². The Bertz CT molecular complexity index is 685. The van der Waals surface area contributed by atoms with E-state index in [0.717, 1.165) is 89.9 Å². The molecule has 1 aromatic rings. The first-order valence-corrected chi connectivity index (χ1v) is 11.6. The number of hydrogen-bond acceptors (Lipinski definition) is 5. The van der Waals surface area contributed by atoms with E-state index < -0.39 is 0 Å². The van der Waals surface area contributed by atoms with Gasteiger partial charge in [0.15, 0.2) is 12.6 Å². The molecule has 0 spiro atoms. The molecule has 0 unspecified atom stereocenters. The third kappa shape index (κ3) is 9.57. The predicted octanol–water partition coefficient (Wildman–Crippen LogP) is 1.16. The molecule has 2 fully saturated rings. The third-order valence-corrected chi connectivity index (χ3v) is 5.29. The lowest BCUT2D eigenvalue weighted by Crippen LogP contribution is -2.39. The first-order chi connectivity index (χ1) is 15.2. The van der Waals surface area contributed by atoms with Gasteiger partial charge in [0.05, 0.1) is 13.2 Å². The molecule has 0 aromatic heterocycles. The van der Waals surface area contributed by atoms with Crippen LogP contribution in [-0.2, 0) is 16.0 Å². The van der Waals surface area contributed by atoms with Crippen LogP contribution in [0.1, 0.15) is 31.7 Å². The average Bonchev–Trinajstić information content (AvgIpc) is 3.61. The summed E-state index contributed by atoms with van der Waals surface area (Å²) in [5.74, 6) is 1.54. The number of carbonyl (C=O) groups is 1. The quantitative estimate of drug-likeness (QED) is 0.262. The zero-order valence-corrected chi connectivity index (χ0v) is 18.7. The van der Waals surface area contributed by atoms with Crippen LogP contribution in [-0.4, -0.2) is 81.9 Å². The monoisotopic (exact) mass is 431 g/mol. The molecule has 172 valence electrons. The summed E-state index contributed by atoms with van der Waals surface area (Å²) in [4.78, 5) is 18.8. The molecule has 1 aliphatic carbocycles. The summed E-state index contributed by atoms with van der Waals surface area (Å²) in [7, 11) is 0. The second-order valence-electron chi connectivity index (χ2n) is 8.02. The highest BCUT2D eigenvalue weighted by Crippen LogP contribution is 2.18. The smallest absolute Gasteiger partial charge is 0.258 e. The minimum Gasteiger partial charge on any atom is -0.484 e. The van der Waals surface area contributed by atoms with Crippen LogP contribution in [0.3, 0.4) is 0 Å². The second-order valence-corrected chi connectivity index (χ2v) is 8.02. The number of benzene rings is 1. The molecule has 0 radical (unpaired) electrons. The minimum atomic E-state index is -0.0454. The van der Waals surface area contributed by atoms with E-state index in [1.54, 1.807) is 0 Å². The SMILES string of the molecule is CCNC(=NCCCN1CCOCC1)NCCc1ccc(OCC(=O)NC2CC2)cc1. The number of nitrogens with one attached hydrogen (secondary N) is 3. The molecule has 1 aliphatic heterocycles. The van der Waals surface area contributed by atoms with E-state index in [2.05, 4.69) is 32.8 Å². The lowest BCUT2D eigenvalue weighted by molar-refractivity contribution is -0.123. The Labute approximate surface area is 185 Å². The fourth-order valence-electron chi connectivity index (χ4n) is 3.38. The van der Waals surface area contributed by atoms with Crippen molar-refractivity contribution < 1.29 is 14.3 Å². The Kier molecular flexibility index (Phi) is 9.92. The van der Waals surface area contributed by atoms with Gasteiger partial charge in [0.25, 0.3) is 5.91 Å². The van der Waals surface area contributed by atoms with E-state index >= 15 is 0 Å². The molecule has 8 heteroatoms. The molecule has 0 bridgehead atoms. The minimum absolute atomic E-state index is 0.0454. The fourth-order valence-corrected chi connectivity index (χ4v) is 3.38. The van der Waals surface area contributed by atoms with Crippen LogP contribution < -0.4 is 20.7 Å². The van der Waals surface area contributed by atoms with Crippen molar-refractivity contribution in [3.05, 3.63) is 29.8 Å². The Morgan fingerprint density at radius 1 is 1.19 bits per heavy atom. The largest absolute Gasteiger partial charge is 0.484 e. The lowest BCUT2D eigenvalue weighted by atomic mass is 10.1. The van der Waals surface area contributed by atoms with Gasteiger partial charge in [-0.3, -0.25) is 14.7 Å². The Hall–Kier alpha value is -2.32. The van der Waals surface area contributed by atoms with Gasteiger partial charge in [-0.25, -0.2) is 0 Å². The molecule has 3 N–H and O–H groups in total. The average molecular weight is 432 g/mol. The summed E-state index contributed by atoms with van der Waals surface area (Å²) in [5, 5.41) is 9.64. The number of amides is 1. The second kappa shape index (κ2) is 13.2. The summed E-state index contributed by atoms with van der Waals surface area (Å²) in [5.41, 5.74) is 1.21. The molecular formula is C23H37N5O3. The topological polar surface area (TPSA) is 87.2 Å². The maximum atomic E-state index is 11.7. The Balaban J connectivity index is 1.31. The highest BCUT2D eigenvalue weighted by atomic mass is 16.5. The van der Waals surface area contributed by atoms with Crippen molar-refractivity contribution in [3.8, 4) is 5.75 Å². The van der Waals surface area contributed by atoms with Gasteiger partial charge in [-0.05, 0) is 50.3 Å². The van der Waals surface area contributed by atoms with Crippen molar-refractivity contribution in [2.75, 3.05) is 59.1 Å². The standard InChI is InChI=1S/C23H37N5O3/c1-2-24-23(25-11-3-13-28-14-16-30-17-15-28)26-12-10-19-4-8-21(9-5-19)31-18-22(29)27-20-6-7-20/h4-5,8-9,20H,2-3,6-7,10-18H2,1H3,(H,27,29)(H2,24,25,26). The van der Waals surface area contributed by atoms with Crippen molar-refractivity contribution in [3.63, 3.8) is 0 Å². The number of aliphatic imine (C=N–C) groups is 1. The third-order valence-electron chi connectivity index (χ3n) is 5.29. The number of morpholine rings is 1. The first kappa shape index (κ1) is 23.3. The van der Waals surface area contributed by atoms with E-state index in [1.165, 1.54) is 5.56 Å². The molecule has 1 saturated heterocycles. The number of ether oxygens (including phenoxy) is 2. The normalized spacial score (nSPS) is 17.3. The fraction of sp³-hybridized carbons (Fsp3) is 0.652. The molecule has 3 rings (SSSR count). The summed E-state index contributed by atoms with van der Waals surface area (Å²) in [6, 6.07) is 8.30. The zero-order chi connectivity index (χ0) is 21.7. The van der Waals surface area contributed by atoms with Crippen molar-refractivity contribution in [2.24, 2.45) is 4.99 Å². The maximum Gasteiger partial charge on any atom is 0.258 e. The summed E-state index contributed by atoms with van der Waals surface area (Å²) >= 11 is 0. The Morgan fingerprint density at radius 3 is 2.68 bits per heavy atom. The maximum absolute atomic E-state index is 11.7. The Morgan fingerprint density at radius 2 is 1.97 bits per heavy atom. The van der Waals surface area contributed by atoms with Crippen LogP contribution in [0.5, 0.6) is 5.75 Å². The van der Waals surface area contributed by atoms with E-state index in [-0.39, 0.29) is 12.5 Å². The van der Waals surface area contributed by atoms with Crippen LogP contribution >= 0.6 is 0 Å². The van der Waals surface area contributed by atoms with Gasteiger partial charge in [-0.2, -0.15) is 0 Å². The molecule has 31 heavy (non-hydrogen) atoms. The van der Waals surface area contributed by atoms with Gasteiger partial charge in [0.1, 0.15) is 5.75 Å². The zero-order valence-electron chi connectivity index (χ0n) is 18.7. The number of carbonyl (C=O) groups excluding carboxylic acids is 1. The molecule has 1 amide bonds. The van der Waals surface area contributed by atoms with Gasteiger partial charge >= 0.3 is 0 Å². The van der Waals surface area contributed by atoms with Crippen molar-refractivity contribution in [2.45, 2.75) is 38.6 Å². The van der Waals surface area contributed by atoms with Crippen LogP contribution in [0.25, 0.3) is 0 Å². The predicted molar refractivity (Wildman–Crippen MR) is 123 cm³/mol. The highest BCUT2D eigenvalue weighted by molar-refractivity contribution is 5.79. The number of nitrogens with zero attached hydrogens (tertiary/aromatic N) is 2. The van der Waals surface area contributed by atoms with E-state index in [9.17, 15) is 4.79 Å². The van der Waals surface area contributed by atoms with Gasteiger partial charge < -0.3 is 25.4 Å². The van der Waals surface area contributed by atoms with Crippen molar-refractivity contribution in [1.82, 2.24) is 20.9 Å². The summed E-state index contributed by atoms with van der Waals surface area (Å²) in [6.07, 6.45) is 4.11. The van der Waals surface area contributed by atoms with Crippen LogP contribution in [0, 0.1) is 0 Å². The lowest BCUT2D eigenvalue weighted by Gasteiger charge is -2.26. The summed E-state index contributed by atoms with van der Waals surface area (Å²) in [6.45, 7) is 9.43. The number of hydrogen-bond donors (Lipinski definition) is 3. The van der Waals surface area contributed by atoms with E-state index in [0.29, 0.717) is 6.04 Å². The molecule has 1 aromatic carbocycles. The molecule has 1 saturated carbocycles. The molecule has 0 atom stereocenters. The summed E-state index contributed by atoms with van der Waals surface area (Å²) < 4.78 is 10.9. The van der Waals surface area contributed by atoms with Crippen molar-refractivity contribution in [1.29, 1.82) is 0 Å². The molecule has 8 nitrogen and oxygen atoms in total. The van der Waals surface area contributed by atoms with Gasteiger partial charge in [-0.1, -0.05) is 12.1 Å². The van der Waals surface area contributed by atoms with E-state index in [4.69, 9.17) is 9.47 Å². The van der Waals surface area contributed by atoms with Gasteiger partial charge in [0.2, 0.25) is 0 Å². The van der Waals surface area contributed by atoms with Gasteiger partial charge in [-0.15, -0.1) is 0 Å². The molecule has 2 aliphatic rings. The molecular weight excluding hydrogens is 394 g/mol.